The van der Waals surface area contributed by atoms with Crippen LogP contribution in [0.1, 0.15) is 31.2 Å². The number of hydrogen-bond acceptors (Lipinski definition) is 5. The molecule has 1 aromatic rings. The first kappa shape index (κ1) is 17.9. The maximum absolute atomic E-state index is 12.4. The lowest BCUT2D eigenvalue weighted by Crippen LogP contribution is -2.24. The largest absolute Gasteiger partial charge is 0.465 e. The topological polar surface area (TPSA) is 68.6 Å². The molecule has 0 aromatic heterocycles. The van der Waals surface area contributed by atoms with Crippen molar-refractivity contribution < 1.29 is 19.0 Å². The van der Waals surface area contributed by atoms with Gasteiger partial charge in [0.1, 0.15) is 0 Å². The number of benzene rings is 1. The molecule has 2 atom stereocenters. The summed E-state index contributed by atoms with van der Waals surface area (Å²) in [4.78, 5) is 12.4. The van der Waals surface area contributed by atoms with Crippen molar-refractivity contribution in [2.24, 2.45) is 5.92 Å². The first-order chi connectivity index (χ1) is 11.2. The summed E-state index contributed by atoms with van der Waals surface area (Å²) in [5, 5.41) is 9.55. The molecule has 2 rings (SSSR count). The second-order valence-corrected chi connectivity index (χ2v) is 6.18. The fourth-order valence-electron chi connectivity index (χ4n) is 2.63. The van der Waals surface area contributed by atoms with E-state index in [1.807, 2.05) is 24.3 Å². The number of hydrogen-bond donors (Lipinski definition) is 0. The number of nitriles is 1. The summed E-state index contributed by atoms with van der Waals surface area (Å²) >= 11 is 3.38. The monoisotopic (exact) mass is 381 g/mol. The fourth-order valence-corrected chi connectivity index (χ4v) is 2.89. The zero-order valence-electron chi connectivity index (χ0n) is 13.0. The van der Waals surface area contributed by atoms with E-state index in [1.54, 1.807) is 6.92 Å². The second kappa shape index (κ2) is 9.02. The van der Waals surface area contributed by atoms with E-state index in [0.717, 1.165) is 10.0 Å². The first-order valence-electron chi connectivity index (χ1n) is 7.70. The number of ether oxygens (including phenoxy) is 3. The first-order valence-corrected chi connectivity index (χ1v) is 8.50. The summed E-state index contributed by atoms with van der Waals surface area (Å²) in [6, 6.07) is 9.67. The van der Waals surface area contributed by atoms with E-state index in [-0.39, 0.29) is 12.3 Å². The van der Waals surface area contributed by atoms with Crippen LogP contribution in [0.15, 0.2) is 28.7 Å². The van der Waals surface area contributed by atoms with Crippen molar-refractivity contribution >= 4 is 21.9 Å². The van der Waals surface area contributed by atoms with Crippen LogP contribution in [-0.4, -0.2) is 32.1 Å². The van der Waals surface area contributed by atoms with Crippen LogP contribution in [0.4, 0.5) is 0 Å². The number of halogens is 1. The van der Waals surface area contributed by atoms with Gasteiger partial charge in [0.25, 0.3) is 0 Å². The molecule has 1 saturated heterocycles. The van der Waals surface area contributed by atoms with E-state index in [4.69, 9.17) is 14.2 Å². The summed E-state index contributed by atoms with van der Waals surface area (Å²) in [7, 11) is 0. The van der Waals surface area contributed by atoms with Crippen LogP contribution >= 0.6 is 15.9 Å². The van der Waals surface area contributed by atoms with Crippen LogP contribution in [0, 0.1) is 17.2 Å². The molecular weight excluding hydrogens is 362 g/mol. The highest BCUT2D eigenvalue weighted by Gasteiger charge is 2.32. The molecule has 23 heavy (non-hydrogen) atoms. The summed E-state index contributed by atoms with van der Waals surface area (Å²) in [5.41, 5.74) is 0.784. The zero-order valence-corrected chi connectivity index (χ0v) is 14.6. The lowest BCUT2D eigenvalue weighted by Gasteiger charge is -2.22. The zero-order chi connectivity index (χ0) is 16.7. The smallest absolute Gasteiger partial charge is 0.314 e. The Morgan fingerprint density at radius 1 is 1.39 bits per heavy atom. The van der Waals surface area contributed by atoms with Gasteiger partial charge in [-0.3, -0.25) is 4.79 Å². The van der Waals surface area contributed by atoms with Gasteiger partial charge in [0.05, 0.1) is 37.7 Å². The molecule has 1 aromatic carbocycles. The van der Waals surface area contributed by atoms with Crippen molar-refractivity contribution in [3.63, 3.8) is 0 Å². The van der Waals surface area contributed by atoms with Crippen LogP contribution in [-0.2, 0) is 19.0 Å². The third kappa shape index (κ3) is 5.03. The molecule has 0 aliphatic carbocycles. The lowest BCUT2D eigenvalue weighted by molar-refractivity contribution is -0.146. The summed E-state index contributed by atoms with van der Waals surface area (Å²) in [6.45, 7) is 3.21. The molecule has 1 heterocycles. The molecular formula is C17H20BrNO4. The van der Waals surface area contributed by atoms with Gasteiger partial charge in [0.2, 0.25) is 0 Å². The van der Waals surface area contributed by atoms with Crippen molar-refractivity contribution in [3.8, 4) is 6.07 Å². The van der Waals surface area contributed by atoms with Gasteiger partial charge in [-0.25, -0.2) is 0 Å². The van der Waals surface area contributed by atoms with Gasteiger partial charge in [-0.05, 0) is 37.5 Å². The van der Waals surface area contributed by atoms with Gasteiger partial charge in [0.15, 0.2) is 6.29 Å². The fraction of sp³-hybridized carbons (Fsp3) is 0.529. The SMILES string of the molecule is CCOC(=O)C(c1ccc(Br)cc1)C(C#N)CCC1OCCO1. The molecule has 2 unspecified atom stereocenters. The van der Waals surface area contributed by atoms with Gasteiger partial charge in [-0.1, -0.05) is 28.1 Å². The Labute approximate surface area is 144 Å². The van der Waals surface area contributed by atoms with Crippen molar-refractivity contribution in [1.82, 2.24) is 0 Å². The molecule has 1 aliphatic heterocycles. The van der Waals surface area contributed by atoms with E-state index in [1.165, 1.54) is 0 Å². The molecule has 1 fully saturated rings. The summed E-state index contributed by atoms with van der Waals surface area (Å²) in [6.07, 6.45) is 0.823. The number of rotatable bonds is 7. The van der Waals surface area contributed by atoms with Gasteiger partial charge >= 0.3 is 5.97 Å². The van der Waals surface area contributed by atoms with Crippen molar-refractivity contribution in [3.05, 3.63) is 34.3 Å². The highest BCUT2D eigenvalue weighted by Crippen LogP contribution is 2.31. The van der Waals surface area contributed by atoms with E-state index < -0.39 is 11.8 Å². The normalized spacial score (nSPS) is 17.4. The second-order valence-electron chi connectivity index (χ2n) is 5.27. The number of esters is 1. The maximum atomic E-state index is 12.4. The third-order valence-corrected chi connectivity index (χ3v) is 4.27. The van der Waals surface area contributed by atoms with E-state index in [2.05, 4.69) is 22.0 Å². The molecule has 5 nitrogen and oxygen atoms in total. The van der Waals surface area contributed by atoms with Crippen LogP contribution in [0.25, 0.3) is 0 Å². The van der Waals surface area contributed by atoms with E-state index >= 15 is 0 Å². The van der Waals surface area contributed by atoms with Crippen LogP contribution < -0.4 is 0 Å². The van der Waals surface area contributed by atoms with Crippen LogP contribution in [0.5, 0.6) is 0 Å². The molecule has 0 saturated carbocycles. The number of carbonyl (C=O) groups excluding carboxylic acids is 1. The van der Waals surface area contributed by atoms with Crippen LogP contribution in [0.3, 0.4) is 0 Å². The van der Waals surface area contributed by atoms with Gasteiger partial charge in [-0.2, -0.15) is 5.26 Å². The van der Waals surface area contributed by atoms with E-state index in [9.17, 15) is 10.1 Å². The Balaban J connectivity index is 2.14. The average Bonchev–Trinajstić information content (AvgIpc) is 3.06. The van der Waals surface area contributed by atoms with Crippen molar-refractivity contribution in [1.29, 1.82) is 5.26 Å². The molecule has 0 radical (unpaired) electrons. The molecule has 124 valence electrons. The highest BCUT2D eigenvalue weighted by molar-refractivity contribution is 9.10. The minimum Gasteiger partial charge on any atom is -0.465 e. The van der Waals surface area contributed by atoms with E-state index in [0.29, 0.717) is 32.7 Å². The third-order valence-electron chi connectivity index (χ3n) is 3.74. The summed E-state index contributed by atoms with van der Waals surface area (Å²) in [5.74, 6) is -1.45. The predicted octanol–water partition coefficient (Wildman–Crippen LogP) is 3.39. The molecule has 1 aliphatic rings. The average molecular weight is 382 g/mol. The Morgan fingerprint density at radius 3 is 2.61 bits per heavy atom. The van der Waals surface area contributed by atoms with Gasteiger partial charge in [0, 0.05) is 4.47 Å². The highest BCUT2D eigenvalue weighted by atomic mass is 79.9. The number of nitrogens with zero attached hydrogens (tertiary/aromatic N) is 1. The maximum Gasteiger partial charge on any atom is 0.314 e. The Kier molecular flexibility index (Phi) is 7.03. The van der Waals surface area contributed by atoms with Crippen LogP contribution in [0.2, 0.25) is 0 Å². The van der Waals surface area contributed by atoms with Crippen molar-refractivity contribution in [2.75, 3.05) is 19.8 Å². The Bertz CT molecular complexity index is 549. The summed E-state index contributed by atoms with van der Waals surface area (Å²) < 4.78 is 16.9. The molecule has 0 N–H and O–H groups in total. The molecule has 0 amide bonds. The Hall–Kier alpha value is -1.42. The standard InChI is InChI=1S/C17H20BrNO4/c1-2-21-17(20)16(12-3-6-14(18)7-4-12)13(11-19)5-8-15-22-9-10-23-15/h3-4,6-7,13,15-16H,2,5,8-10H2,1H3. The molecule has 6 heteroatoms. The van der Waals surface area contributed by atoms with Crippen molar-refractivity contribution in [2.45, 2.75) is 32.0 Å². The quantitative estimate of drug-likeness (QED) is 0.677. The van der Waals surface area contributed by atoms with Gasteiger partial charge < -0.3 is 14.2 Å². The Morgan fingerprint density at radius 2 is 2.04 bits per heavy atom. The molecule has 0 spiro atoms. The minimum atomic E-state index is -0.602. The number of carbonyl (C=O) groups is 1. The lowest BCUT2D eigenvalue weighted by atomic mass is 9.84. The predicted molar refractivity (Wildman–Crippen MR) is 87.5 cm³/mol. The van der Waals surface area contributed by atoms with Gasteiger partial charge in [-0.15, -0.1) is 0 Å². The molecule has 0 bridgehead atoms. The minimum absolute atomic E-state index is 0.279.